The number of esters is 1. The van der Waals surface area contributed by atoms with E-state index < -0.39 is 6.10 Å². The second-order valence-corrected chi connectivity index (χ2v) is 4.58. The molecule has 1 aromatic carbocycles. The first-order valence-electron chi connectivity index (χ1n) is 5.88. The van der Waals surface area contributed by atoms with Crippen LogP contribution in [0, 0.1) is 13.8 Å². The molecule has 4 nitrogen and oxygen atoms in total. The molecule has 0 aliphatic carbocycles. The molecule has 3 unspecified atom stereocenters. The summed E-state index contributed by atoms with van der Waals surface area (Å²) in [5.74, 6) is 0.443. The van der Waals surface area contributed by atoms with Crippen molar-refractivity contribution < 1.29 is 18.8 Å². The quantitative estimate of drug-likeness (QED) is 0.478. The summed E-state index contributed by atoms with van der Waals surface area (Å²) in [6.07, 6.45) is -0.747. The van der Waals surface area contributed by atoms with E-state index in [1.165, 1.54) is 0 Å². The normalized spacial score (nSPS) is 21.6. The second kappa shape index (κ2) is 5.25. The van der Waals surface area contributed by atoms with Gasteiger partial charge in [0.25, 0.3) is 0 Å². The predicted octanol–water partition coefficient (Wildman–Crippen LogP) is 2.48. The molecule has 2 rings (SSSR count). The van der Waals surface area contributed by atoms with Crippen molar-refractivity contribution in [2.24, 2.45) is 0 Å². The topological polar surface area (TPSA) is 48.1 Å². The van der Waals surface area contributed by atoms with Gasteiger partial charge < -0.3 is 14.0 Å². The lowest BCUT2D eigenvalue weighted by Gasteiger charge is -2.10. The molecule has 0 N–H and O–H groups in total. The molecule has 0 radical (unpaired) electrons. The lowest BCUT2D eigenvalue weighted by atomic mass is 10.0. The standard InChI is InChI=1S/C13H17O4P/c1-4-15-13(14)12-11(16-12)9-6-7(2)5-8(3)10(9)17-18/h5-6,11-12H,4,18H2,1-3H3. The maximum absolute atomic E-state index is 11.6. The van der Waals surface area contributed by atoms with E-state index in [9.17, 15) is 4.79 Å². The Hall–Kier alpha value is -1.12. The number of epoxide rings is 1. The van der Waals surface area contributed by atoms with Crippen LogP contribution in [0.15, 0.2) is 12.1 Å². The molecular formula is C13H17O4P. The zero-order valence-corrected chi connectivity index (χ0v) is 11.9. The molecule has 3 atom stereocenters. The van der Waals surface area contributed by atoms with Crippen LogP contribution in [-0.2, 0) is 14.3 Å². The highest BCUT2D eigenvalue weighted by atomic mass is 31.0. The first kappa shape index (κ1) is 13.3. The van der Waals surface area contributed by atoms with Crippen LogP contribution in [0.5, 0.6) is 5.75 Å². The summed E-state index contributed by atoms with van der Waals surface area (Å²) in [5, 5.41) is 0. The average molecular weight is 268 g/mol. The van der Waals surface area contributed by atoms with E-state index >= 15 is 0 Å². The van der Waals surface area contributed by atoms with Crippen LogP contribution in [-0.4, -0.2) is 18.7 Å². The number of carbonyl (C=O) groups is 1. The number of benzene rings is 1. The minimum Gasteiger partial charge on any atom is -0.480 e. The van der Waals surface area contributed by atoms with Gasteiger partial charge in [0.1, 0.15) is 11.9 Å². The highest BCUT2D eigenvalue weighted by molar-refractivity contribution is 7.10. The van der Waals surface area contributed by atoms with E-state index in [0.29, 0.717) is 6.61 Å². The van der Waals surface area contributed by atoms with Gasteiger partial charge in [-0.05, 0) is 32.4 Å². The van der Waals surface area contributed by atoms with Gasteiger partial charge in [0.15, 0.2) is 6.10 Å². The fraction of sp³-hybridized carbons (Fsp3) is 0.462. The lowest BCUT2D eigenvalue weighted by Crippen LogP contribution is -2.12. The van der Waals surface area contributed by atoms with E-state index in [1.54, 1.807) is 6.92 Å². The Balaban J connectivity index is 2.23. The highest BCUT2D eigenvalue weighted by Crippen LogP contribution is 2.45. The molecule has 0 amide bonds. The van der Waals surface area contributed by atoms with Crippen LogP contribution >= 0.6 is 9.47 Å². The summed E-state index contributed by atoms with van der Waals surface area (Å²) in [6, 6.07) is 4.01. The van der Waals surface area contributed by atoms with Gasteiger partial charge in [-0.1, -0.05) is 11.6 Å². The van der Waals surface area contributed by atoms with Crippen LogP contribution in [0.2, 0.25) is 0 Å². The van der Waals surface area contributed by atoms with Crippen molar-refractivity contribution in [2.75, 3.05) is 6.61 Å². The average Bonchev–Trinajstić information content (AvgIpc) is 3.08. The van der Waals surface area contributed by atoms with E-state index in [4.69, 9.17) is 14.0 Å². The Morgan fingerprint density at radius 1 is 1.44 bits per heavy atom. The Kier molecular flexibility index (Phi) is 3.88. The maximum atomic E-state index is 11.6. The summed E-state index contributed by atoms with van der Waals surface area (Å²) in [5.41, 5.74) is 3.05. The van der Waals surface area contributed by atoms with Crippen LogP contribution in [0.1, 0.15) is 29.7 Å². The SMILES string of the molecule is CCOC(=O)C1OC1c1cc(C)cc(C)c1OP. The summed E-state index contributed by atoms with van der Waals surface area (Å²) in [4.78, 5) is 11.6. The van der Waals surface area contributed by atoms with E-state index in [1.807, 2.05) is 26.0 Å². The number of ether oxygens (including phenoxy) is 2. The Morgan fingerprint density at radius 2 is 2.17 bits per heavy atom. The molecule has 0 spiro atoms. The molecule has 18 heavy (non-hydrogen) atoms. The first-order chi connectivity index (χ1) is 8.58. The van der Waals surface area contributed by atoms with Crippen molar-refractivity contribution in [2.45, 2.75) is 33.0 Å². The fourth-order valence-electron chi connectivity index (χ4n) is 2.11. The molecule has 1 aliphatic heterocycles. The van der Waals surface area contributed by atoms with Gasteiger partial charge in [-0.15, -0.1) is 0 Å². The molecule has 1 aliphatic rings. The fourth-order valence-corrected chi connectivity index (χ4v) is 2.43. The zero-order chi connectivity index (χ0) is 13.3. The molecule has 1 saturated heterocycles. The highest BCUT2D eigenvalue weighted by Gasteiger charge is 2.49. The van der Waals surface area contributed by atoms with Crippen molar-refractivity contribution in [1.29, 1.82) is 0 Å². The van der Waals surface area contributed by atoms with Crippen LogP contribution < -0.4 is 4.52 Å². The monoisotopic (exact) mass is 268 g/mol. The smallest absolute Gasteiger partial charge is 0.338 e. The largest absolute Gasteiger partial charge is 0.480 e. The van der Waals surface area contributed by atoms with E-state index in [0.717, 1.165) is 22.4 Å². The first-order valence-corrected chi connectivity index (χ1v) is 6.35. The predicted molar refractivity (Wildman–Crippen MR) is 70.5 cm³/mol. The van der Waals surface area contributed by atoms with Gasteiger partial charge in [0.2, 0.25) is 0 Å². The molecule has 1 heterocycles. The Labute approximate surface area is 109 Å². The van der Waals surface area contributed by atoms with E-state index in [-0.39, 0.29) is 12.1 Å². The number of aryl methyl sites for hydroxylation is 2. The van der Waals surface area contributed by atoms with Crippen molar-refractivity contribution >= 4 is 15.4 Å². The second-order valence-electron chi connectivity index (χ2n) is 4.35. The van der Waals surface area contributed by atoms with Crippen molar-refractivity contribution in [3.63, 3.8) is 0 Å². The Morgan fingerprint density at radius 3 is 2.78 bits per heavy atom. The van der Waals surface area contributed by atoms with E-state index in [2.05, 4.69) is 9.47 Å². The minimum atomic E-state index is -0.495. The molecule has 5 heteroatoms. The summed E-state index contributed by atoms with van der Waals surface area (Å²) < 4.78 is 15.7. The summed E-state index contributed by atoms with van der Waals surface area (Å²) in [7, 11) is 2.24. The van der Waals surface area contributed by atoms with Gasteiger partial charge in [-0.2, -0.15) is 0 Å². The lowest BCUT2D eigenvalue weighted by molar-refractivity contribution is -0.144. The number of rotatable bonds is 4. The van der Waals surface area contributed by atoms with Crippen LogP contribution in [0.25, 0.3) is 0 Å². The number of hydrogen-bond acceptors (Lipinski definition) is 4. The maximum Gasteiger partial charge on any atom is 0.338 e. The summed E-state index contributed by atoms with van der Waals surface area (Å²) >= 11 is 0. The van der Waals surface area contributed by atoms with Gasteiger partial charge in [0, 0.05) is 5.56 Å². The van der Waals surface area contributed by atoms with Crippen LogP contribution in [0.4, 0.5) is 0 Å². The molecule has 0 bridgehead atoms. The van der Waals surface area contributed by atoms with Gasteiger partial charge >= 0.3 is 5.97 Å². The number of carbonyl (C=O) groups excluding carboxylic acids is 1. The number of hydrogen-bond donors (Lipinski definition) is 0. The van der Waals surface area contributed by atoms with Gasteiger partial charge in [-0.25, -0.2) is 4.79 Å². The minimum absolute atomic E-state index is 0.252. The van der Waals surface area contributed by atoms with Gasteiger partial charge in [-0.3, -0.25) is 0 Å². The van der Waals surface area contributed by atoms with Crippen molar-refractivity contribution in [3.05, 3.63) is 28.8 Å². The van der Waals surface area contributed by atoms with Crippen LogP contribution in [0.3, 0.4) is 0 Å². The third kappa shape index (κ3) is 2.50. The molecule has 0 saturated carbocycles. The molecular weight excluding hydrogens is 251 g/mol. The third-order valence-corrected chi connectivity index (χ3v) is 3.12. The molecule has 1 aromatic rings. The third-order valence-electron chi connectivity index (χ3n) is 2.88. The Bertz CT molecular complexity index is 472. The van der Waals surface area contributed by atoms with Gasteiger partial charge in [0.05, 0.1) is 16.1 Å². The molecule has 0 aromatic heterocycles. The molecule has 1 fully saturated rings. The summed E-state index contributed by atoms with van der Waals surface area (Å²) in [6.45, 7) is 6.12. The molecule has 98 valence electrons. The van der Waals surface area contributed by atoms with Crippen molar-refractivity contribution in [3.8, 4) is 5.75 Å². The zero-order valence-electron chi connectivity index (χ0n) is 10.7. The van der Waals surface area contributed by atoms with Crippen molar-refractivity contribution in [1.82, 2.24) is 0 Å².